The van der Waals surface area contributed by atoms with Crippen LogP contribution in [0.2, 0.25) is 5.02 Å². The molecule has 2 aliphatic rings. The minimum absolute atomic E-state index is 0.143. The van der Waals surface area contributed by atoms with Crippen LogP contribution in [-0.2, 0) is 6.42 Å². The van der Waals surface area contributed by atoms with E-state index < -0.39 is 0 Å². The van der Waals surface area contributed by atoms with E-state index in [1.165, 1.54) is 11.1 Å². The number of hydrogen-bond donors (Lipinski definition) is 0. The normalized spacial score (nSPS) is 18.8. The highest BCUT2D eigenvalue weighted by atomic mass is 35.5. The Morgan fingerprint density at radius 2 is 1.71 bits per heavy atom. The van der Waals surface area contributed by atoms with E-state index in [-0.39, 0.29) is 11.7 Å². The third-order valence-electron chi connectivity index (χ3n) is 6.31. The summed E-state index contributed by atoms with van der Waals surface area (Å²) in [5.74, 6) is 1.05. The van der Waals surface area contributed by atoms with Crippen molar-refractivity contribution in [2.45, 2.75) is 25.7 Å². The molecular formula is C25H25ClN4O. The van der Waals surface area contributed by atoms with E-state index in [9.17, 15) is 4.79 Å². The van der Waals surface area contributed by atoms with Crippen LogP contribution in [0.4, 0.5) is 11.6 Å². The van der Waals surface area contributed by atoms with Crippen molar-refractivity contribution in [2.24, 2.45) is 0 Å². The number of benzene rings is 2. The summed E-state index contributed by atoms with van der Waals surface area (Å²) in [5.41, 5.74) is 5.14. The van der Waals surface area contributed by atoms with E-state index in [4.69, 9.17) is 16.6 Å². The lowest BCUT2D eigenvalue weighted by molar-refractivity contribution is 0.0962. The van der Waals surface area contributed by atoms with Gasteiger partial charge in [0, 0.05) is 49.5 Å². The molecule has 5 nitrogen and oxygen atoms in total. The molecule has 2 aromatic carbocycles. The molecule has 0 spiro atoms. The zero-order valence-corrected chi connectivity index (χ0v) is 18.3. The summed E-state index contributed by atoms with van der Waals surface area (Å²) in [6.07, 6.45) is 3.04. The number of ketones is 1. The largest absolute Gasteiger partial charge is 0.368 e. The minimum Gasteiger partial charge on any atom is -0.368 e. The average Bonchev–Trinajstić information content (AvgIpc) is 2.79. The second-order valence-electron chi connectivity index (χ2n) is 8.42. The number of fused-ring (bicyclic) bond motifs is 1. The van der Waals surface area contributed by atoms with Crippen LogP contribution in [0, 0.1) is 6.92 Å². The van der Waals surface area contributed by atoms with Gasteiger partial charge in [-0.05, 0) is 43.0 Å². The molecule has 2 heterocycles. The number of rotatable bonds is 3. The molecule has 1 aliphatic heterocycles. The summed E-state index contributed by atoms with van der Waals surface area (Å²) in [4.78, 5) is 26.7. The number of hydrogen-bond acceptors (Lipinski definition) is 5. The lowest BCUT2D eigenvalue weighted by Gasteiger charge is -2.36. The van der Waals surface area contributed by atoms with Gasteiger partial charge < -0.3 is 9.80 Å². The van der Waals surface area contributed by atoms with Gasteiger partial charge in [0.25, 0.3) is 0 Å². The van der Waals surface area contributed by atoms with Gasteiger partial charge in [-0.25, -0.2) is 9.97 Å². The van der Waals surface area contributed by atoms with Crippen molar-refractivity contribution >= 4 is 29.0 Å². The van der Waals surface area contributed by atoms with E-state index in [1.807, 2.05) is 18.2 Å². The summed E-state index contributed by atoms with van der Waals surface area (Å²) in [7, 11) is 0. The topological polar surface area (TPSA) is 49.3 Å². The molecule has 0 saturated carbocycles. The molecule has 158 valence electrons. The van der Waals surface area contributed by atoms with Crippen LogP contribution in [0.25, 0.3) is 0 Å². The molecular weight excluding hydrogens is 408 g/mol. The molecule has 1 saturated heterocycles. The maximum absolute atomic E-state index is 12.7. The smallest absolute Gasteiger partial charge is 0.225 e. The molecule has 1 aliphatic carbocycles. The van der Waals surface area contributed by atoms with Gasteiger partial charge in [0.1, 0.15) is 0 Å². The SMILES string of the molecule is Cc1ccc(C2CC(=O)c3cnc(N4CCN(c5cccc(Cl)c5)CC4)nc3C2)cc1. The van der Waals surface area contributed by atoms with Crippen molar-refractivity contribution in [2.75, 3.05) is 36.0 Å². The zero-order valence-electron chi connectivity index (χ0n) is 17.6. The van der Waals surface area contributed by atoms with E-state index in [2.05, 4.69) is 52.0 Å². The quantitative estimate of drug-likeness (QED) is 0.601. The highest BCUT2D eigenvalue weighted by Crippen LogP contribution is 2.32. The number of piperazine rings is 1. The Hall–Kier alpha value is -2.92. The molecule has 5 rings (SSSR count). The summed E-state index contributed by atoms with van der Waals surface area (Å²) in [6.45, 7) is 5.51. The Morgan fingerprint density at radius 3 is 2.45 bits per heavy atom. The third-order valence-corrected chi connectivity index (χ3v) is 6.55. The molecule has 0 N–H and O–H groups in total. The molecule has 1 aromatic heterocycles. The van der Waals surface area contributed by atoms with Crippen molar-refractivity contribution in [1.82, 2.24) is 9.97 Å². The molecule has 6 heteroatoms. The van der Waals surface area contributed by atoms with Gasteiger partial charge in [-0.15, -0.1) is 0 Å². The van der Waals surface area contributed by atoms with Gasteiger partial charge in [0.15, 0.2) is 5.78 Å². The van der Waals surface area contributed by atoms with Gasteiger partial charge >= 0.3 is 0 Å². The van der Waals surface area contributed by atoms with Crippen molar-refractivity contribution in [3.63, 3.8) is 0 Å². The standard InChI is InChI=1S/C25H25ClN4O/c1-17-5-7-18(8-6-17)19-13-23-22(24(31)14-19)16-27-25(28-23)30-11-9-29(10-12-30)21-4-2-3-20(26)15-21/h2-8,15-16,19H,9-14H2,1H3. The molecule has 1 fully saturated rings. The van der Waals surface area contributed by atoms with Gasteiger partial charge in [0.05, 0.1) is 11.3 Å². The van der Waals surface area contributed by atoms with Crippen molar-refractivity contribution in [3.8, 4) is 0 Å². The predicted molar refractivity (Wildman–Crippen MR) is 124 cm³/mol. The number of Topliss-reactive ketones (excluding diaryl/α,β-unsaturated/α-hetero) is 1. The number of carbonyl (C=O) groups is 1. The first-order chi connectivity index (χ1) is 15.1. The summed E-state index contributed by atoms with van der Waals surface area (Å²) in [6, 6.07) is 16.5. The van der Waals surface area contributed by atoms with Crippen LogP contribution in [0.15, 0.2) is 54.7 Å². The number of carbonyl (C=O) groups excluding carboxylic acids is 1. The van der Waals surface area contributed by atoms with Crippen LogP contribution in [-0.4, -0.2) is 41.9 Å². The molecule has 31 heavy (non-hydrogen) atoms. The molecule has 1 unspecified atom stereocenters. The Morgan fingerprint density at radius 1 is 0.968 bits per heavy atom. The van der Waals surface area contributed by atoms with Crippen LogP contribution >= 0.6 is 11.6 Å². The van der Waals surface area contributed by atoms with Gasteiger partial charge in [-0.3, -0.25) is 4.79 Å². The monoisotopic (exact) mass is 432 g/mol. The fraction of sp³-hybridized carbons (Fsp3) is 0.320. The third kappa shape index (κ3) is 4.15. The first-order valence-electron chi connectivity index (χ1n) is 10.8. The van der Waals surface area contributed by atoms with Crippen LogP contribution in [0.1, 0.15) is 39.5 Å². The van der Waals surface area contributed by atoms with Gasteiger partial charge in [-0.2, -0.15) is 0 Å². The van der Waals surface area contributed by atoms with Crippen LogP contribution in [0.3, 0.4) is 0 Å². The van der Waals surface area contributed by atoms with Crippen molar-refractivity contribution < 1.29 is 4.79 Å². The number of anilines is 2. The molecule has 1 atom stereocenters. The average molecular weight is 433 g/mol. The number of halogens is 1. The van der Waals surface area contributed by atoms with Crippen LogP contribution in [0.5, 0.6) is 0 Å². The Bertz CT molecular complexity index is 1110. The number of nitrogens with zero attached hydrogens (tertiary/aromatic N) is 4. The minimum atomic E-state index is 0.143. The van der Waals surface area contributed by atoms with E-state index in [0.717, 1.165) is 55.0 Å². The summed E-state index contributed by atoms with van der Waals surface area (Å²) >= 11 is 6.15. The first kappa shape index (κ1) is 20.0. The highest BCUT2D eigenvalue weighted by Gasteiger charge is 2.29. The second kappa shape index (κ2) is 8.31. The predicted octanol–water partition coefficient (Wildman–Crippen LogP) is 4.68. The highest BCUT2D eigenvalue weighted by molar-refractivity contribution is 6.30. The Kier molecular flexibility index (Phi) is 5.36. The van der Waals surface area contributed by atoms with Crippen molar-refractivity contribution in [1.29, 1.82) is 0 Å². The zero-order chi connectivity index (χ0) is 21.4. The lowest BCUT2D eigenvalue weighted by Crippen LogP contribution is -2.47. The fourth-order valence-corrected chi connectivity index (χ4v) is 4.68. The molecule has 0 bridgehead atoms. The van der Waals surface area contributed by atoms with E-state index >= 15 is 0 Å². The van der Waals surface area contributed by atoms with Crippen molar-refractivity contribution in [3.05, 3.63) is 82.1 Å². The second-order valence-corrected chi connectivity index (χ2v) is 8.86. The Balaban J connectivity index is 1.32. The fourth-order valence-electron chi connectivity index (χ4n) is 4.50. The van der Waals surface area contributed by atoms with Gasteiger partial charge in [-0.1, -0.05) is 47.5 Å². The first-order valence-corrected chi connectivity index (χ1v) is 11.2. The number of aromatic nitrogens is 2. The summed E-state index contributed by atoms with van der Waals surface area (Å²) < 4.78 is 0. The maximum Gasteiger partial charge on any atom is 0.225 e. The molecule has 3 aromatic rings. The van der Waals surface area contributed by atoms with E-state index in [0.29, 0.717) is 12.0 Å². The van der Waals surface area contributed by atoms with Gasteiger partial charge in [0.2, 0.25) is 5.95 Å². The number of aryl methyl sites for hydroxylation is 1. The van der Waals surface area contributed by atoms with E-state index in [1.54, 1.807) is 6.20 Å². The molecule has 0 radical (unpaired) electrons. The maximum atomic E-state index is 12.7. The Labute approximate surface area is 187 Å². The van der Waals surface area contributed by atoms with Crippen LogP contribution < -0.4 is 9.80 Å². The lowest BCUT2D eigenvalue weighted by atomic mass is 9.82. The molecule has 0 amide bonds. The summed E-state index contributed by atoms with van der Waals surface area (Å²) in [5, 5.41) is 0.755.